The minimum Gasteiger partial charge on any atom is -0.313 e. The van der Waals surface area contributed by atoms with Crippen LogP contribution in [0.3, 0.4) is 0 Å². The molecule has 0 saturated carbocycles. The lowest BCUT2D eigenvalue weighted by Gasteiger charge is -2.29. The van der Waals surface area contributed by atoms with E-state index in [1.807, 2.05) is 84.9 Å². The van der Waals surface area contributed by atoms with Crippen molar-refractivity contribution in [1.29, 1.82) is 0 Å². The summed E-state index contributed by atoms with van der Waals surface area (Å²) in [4.78, 5) is 23.9. The highest BCUT2D eigenvalue weighted by Crippen LogP contribution is 2.59. The zero-order valence-corrected chi connectivity index (χ0v) is 20.6. The van der Waals surface area contributed by atoms with E-state index < -0.39 is 17.7 Å². The lowest BCUT2D eigenvalue weighted by atomic mass is 10.0. The van der Waals surface area contributed by atoms with Crippen molar-refractivity contribution in [2.75, 3.05) is 0 Å². The molecule has 0 radical (unpaired) electrons. The minimum absolute atomic E-state index is 0.0134. The molecule has 0 bridgehead atoms. The molecule has 0 N–H and O–H groups in total. The van der Waals surface area contributed by atoms with Crippen LogP contribution in [-0.2, 0) is 4.57 Å². The number of benzene rings is 4. The average molecular weight is 534 g/mol. The number of ketones is 1. The molecule has 0 aromatic heterocycles. The van der Waals surface area contributed by atoms with Crippen LogP contribution in [0.1, 0.15) is 28.0 Å². The maximum atomic E-state index is 15.1. The number of hydrogen-bond donors (Lipinski definition) is 0. The number of carbonyl (C=O) groups excluding carboxylic acids is 1. The van der Waals surface area contributed by atoms with Crippen LogP contribution >= 0.6 is 23.1 Å². The van der Waals surface area contributed by atoms with E-state index in [9.17, 15) is 14.9 Å². The van der Waals surface area contributed by atoms with Gasteiger partial charge in [-0.2, -0.15) is 0 Å². The fourth-order valence-electron chi connectivity index (χ4n) is 4.01. The van der Waals surface area contributed by atoms with Gasteiger partial charge in [0.05, 0.1) is 10.6 Å². The first-order valence-corrected chi connectivity index (χ1v) is 13.2. The molecule has 0 unspecified atom stereocenters. The van der Waals surface area contributed by atoms with Gasteiger partial charge in [0.15, 0.2) is 12.9 Å². The van der Waals surface area contributed by atoms with Crippen molar-refractivity contribution in [1.82, 2.24) is 0 Å². The largest absolute Gasteiger partial charge is 0.313 e. The van der Waals surface area contributed by atoms with Crippen molar-refractivity contribution in [3.63, 3.8) is 0 Å². The molecule has 0 aliphatic heterocycles. The summed E-state index contributed by atoms with van der Waals surface area (Å²) in [6.07, 6.45) is -0.0134. The number of Topliss-reactive ketones (excluding diaryl/α,β-unsaturated/α-hetero) is 1. The molecule has 4 aromatic rings. The van der Waals surface area contributed by atoms with Crippen LogP contribution in [0.5, 0.6) is 0 Å². The van der Waals surface area contributed by atoms with Crippen molar-refractivity contribution >= 4 is 45.2 Å². The SMILES string of the molecule is O=C(C[C@@H](c1ccc(Br)cc1)P(=O)(c1ccccc1)c1ccccc1)c1ccc([N+](=O)[O-])cc1. The summed E-state index contributed by atoms with van der Waals surface area (Å²) in [5.41, 5.74) is 0.434. The lowest BCUT2D eigenvalue weighted by molar-refractivity contribution is -0.384. The standard InChI is InChI=1S/C27H21BrNO4P/c28-22-15-11-21(12-16-22)27(19-26(30)20-13-17-23(18-14-20)29(31)32)34(33,24-7-3-1-4-8-24)25-9-5-2-6-10-25/h1-18,27H,19H2/t27-/m0/s1. The zero-order valence-electron chi connectivity index (χ0n) is 18.1. The van der Waals surface area contributed by atoms with Gasteiger partial charge in [-0.3, -0.25) is 14.9 Å². The van der Waals surface area contributed by atoms with Crippen LogP contribution in [-0.4, -0.2) is 10.7 Å². The predicted octanol–water partition coefficient (Wildman–Crippen LogP) is 6.69. The molecule has 170 valence electrons. The number of non-ortho nitro benzene ring substituents is 1. The van der Waals surface area contributed by atoms with E-state index in [1.54, 1.807) is 0 Å². The maximum Gasteiger partial charge on any atom is 0.269 e. The normalized spacial score (nSPS) is 12.1. The summed E-state index contributed by atoms with van der Waals surface area (Å²) in [6.45, 7) is 0. The van der Waals surface area contributed by atoms with Crippen LogP contribution in [0.2, 0.25) is 0 Å². The highest BCUT2D eigenvalue weighted by Gasteiger charge is 2.39. The van der Waals surface area contributed by atoms with Gasteiger partial charge in [0.25, 0.3) is 5.69 Å². The Kier molecular flexibility index (Phi) is 7.20. The van der Waals surface area contributed by atoms with Crippen molar-refractivity contribution in [3.8, 4) is 0 Å². The quantitative estimate of drug-likeness (QED) is 0.109. The van der Waals surface area contributed by atoms with E-state index in [4.69, 9.17) is 0 Å². The van der Waals surface area contributed by atoms with Gasteiger partial charge in [-0.05, 0) is 29.8 Å². The molecule has 1 atom stereocenters. The van der Waals surface area contributed by atoms with Crippen LogP contribution in [0, 0.1) is 10.1 Å². The van der Waals surface area contributed by atoms with Gasteiger partial charge in [0, 0.05) is 39.2 Å². The third-order valence-electron chi connectivity index (χ3n) is 5.75. The Morgan fingerprint density at radius 3 is 1.76 bits per heavy atom. The molecular weight excluding hydrogens is 513 g/mol. The molecule has 0 aliphatic carbocycles. The van der Waals surface area contributed by atoms with Crippen LogP contribution in [0.25, 0.3) is 0 Å². The van der Waals surface area contributed by atoms with Crippen LogP contribution in [0.15, 0.2) is 114 Å². The third kappa shape index (κ3) is 4.93. The molecule has 0 aliphatic rings. The van der Waals surface area contributed by atoms with E-state index in [-0.39, 0.29) is 17.9 Å². The summed E-state index contributed by atoms with van der Waals surface area (Å²) < 4.78 is 15.9. The number of carbonyl (C=O) groups is 1. The van der Waals surface area contributed by atoms with Crippen LogP contribution in [0.4, 0.5) is 5.69 Å². The van der Waals surface area contributed by atoms with E-state index in [0.29, 0.717) is 16.2 Å². The summed E-state index contributed by atoms with van der Waals surface area (Å²) in [5, 5.41) is 12.3. The van der Waals surface area contributed by atoms with Gasteiger partial charge in [-0.1, -0.05) is 88.7 Å². The Labute approximate surface area is 206 Å². The second kappa shape index (κ2) is 10.3. The number of nitrogens with zero attached hydrogens (tertiary/aromatic N) is 1. The van der Waals surface area contributed by atoms with Crippen molar-refractivity contribution in [2.45, 2.75) is 12.1 Å². The molecule has 4 aromatic carbocycles. The Morgan fingerprint density at radius 1 is 0.794 bits per heavy atom. The Bertz CT molecular complexity index is 1300. The van der Waals surface area contributed by atoms with Gasteiger partial charge in [0.2, 0.25) is 0 Å². The highest BCUT2D eigenvalue weighted by molar-refractivity contribution is 9.10. The first-order valence-electron chi connectivity index (χ1n) is 10.6. The van der Waals surface area contributed by atoms with E-state index in [2.05, 4.69) is 15.9 Å². The topological polar surface area (TPSA) is 77.3 Å². The van der Waals surface area contributed by atoms with Gasteiger partial charge >= 0.3 is 0 Å². The first-order chi connectivity index (χ1) is 16.4. The third-order valence-corrected chi connectivity index (χ3v) is 9.77. The summed E-state index contributed by atoms with van der Waals surface area (Å²) >= 11 is 3.45. The molecule has 0 saturated heterocycles. The molecule has 0 heterocycles. The average Bonchev–Trinajstić information content (AvgIpc) is 2.88. The van der Waals surface area contributed by atoms with Gasteiger partial charge < -0.3 is 4.57 Å². The van der Waals surface area contributed by atoms with Crippen molar-refractivity contribution in [3.05, 3.63) is 135 Å². The lowest BCUT2D eigenvalue weighted by Crippen LogP contribution is -2.23. The predicted molar refractivity (Wildman–Crippen MR) is 139 cm³/mol. The van der Waals surface area contributed by atoms with Gasteiger partial charge in [-0.15, -0.1) is 0 Å². The van der Waals surface area contributed by atoms with E-state index in [1.165, 1.54) is 24.3 Å². The monoisotopic (exact) mass is 533 g/mol. The van der Waals surface area contributed by atoms with E-state index >= 15 is 4.57 Å². The number of hydrogen-bond acceptors (Lipinski definition) is 4. The Morgan fingerprint density at radius 2 is 1.29 bits per heavy atom. The van der Waals surface area contributed by atoms with Gasteiger partial charge in [0.1, 0.15) is 0 Å². The number of nitro benzene ring substituents is 1. The Balaban J connectivity index is 1.84. The number of halogens is 1. The summed E-state index contributed by atoms with van der Waals surface area (Å²) in [7, 11) is -3.32. The molecule has 34 heavy (non-hydrogen) atoms. The molecule has 0 fully saturated rings. The van der Waals surface area contributed by atoms with Crippen molar-refractivity contribution < 1.29 is 14.3 Å². The number of rotatable bonds is 8. The zero-order chi connectivity index (χ0) is 24.1. The number of nitro groups is 1. The Hall–Kier alpha value is -3.34. The highest BCUT2D eigenvalue weighted by atomic mass is 79.9. The van der Waals surface area contributed by atoms with Crippen molar-refractivity contribution in [2.24, 2.45) is 0 Å². The fourth-order valence-corrected chi connectivity index (χ4v) is 7.54. The maximum absolute atomic E-state index is 15.1. The fraction of sp³-hybridized carbons (Fsp3) is 0.0741. The molecule has 0 amide bonds. The molecule has 5 nitrogen and oxygen atoms in total. The smallest absolute Gasteiger partial charge is 0.269 e. The second-order valence-electron chi connectivity index (χ2n) is 7.83. The van der Waals surface area contributed by atoms with E-state index in [0.717, 1.165) is 10.0 Å². The molecular formula is C27H21BrNO4P. The van der Waals surface area contributed by atoms with Crippen LogP contribution < -0.4 is 10.6 Å². The molecule has 4 rings (SSSR count). The second-order valence-corrected chi connectivity index (χ2v) is 11.7. The van der Waals surface area contributed by atoms with Gasteiger partial charge in [-0.25, -0.2) is 0 Å². The molecule has 0 spiro atoms. The minimum atomic E-state index is -3.32. The summed E-state index contributed by atoms with van der Waals surface area (Å²) in [6, 6.07) is 31.6. The first kappa shape index (κ1) is 23.8. The molecule has 7 heteroatoms. The summed E-state index contributed by atoms with van der Waals surface area (Å²) in [5.74, 6) is -0.227.